The summed E-state index contributed by atoms with van der Waals surface area (Å²) in [6.45, 7) is 6.27. The zero-order valence-corrected chi connectivity index (χ0v) is 13.0. The molecule has 1 aliphatic rings. The van der Waals surface area contributed by atoms with Crippen LogP contribution in [0, 0.1) is 6.92 Å². The number of aryl methyl sites for hydroxylation is 1. The summed E-state index contributed by atoms with van der Waals surface area (Å²) in [4.78, 5) is 2.54. The van der Waals surface area contributed by atoms with Gasteiger partial charge in [-0.2, -0.15) is 8.42 Å². The first kappa shape index (κ1) is 15.5. The highest BCUT2D eigenvalue weighted by Gasteiger charge is 2.24. The van der Waals surface area contributed by atoms with E-state index in [1.54, 1.807) is 24.3 Å². The molecule has 0 saturated carbocycles. The van der Waals surface area contributed by atoms with E-state index in [0.717, 1.165) is 31.5 Å². The van der Waals surface area contributed by atoms with Gasteiger partial charge in [-0.3, -0.25) is 9.08 Å². The molecule has 0 amide bonds. The molecule has 1 fully saturated rings. The van der Waals surface area contributed by atoms with Crippen LogP contribution < -0.4 is 0 Å². The van der Waals surface area contributed by atoms with E-state index >= 15 is 0 Å². The van der Waals surface area contributed by atoms with Crippen LogP contribution in [0.4, 0.5) is 0 Å². The Bertz CT molecular complexity index is 525. The highest BCUT2D eigenvalue weighted by molar-refractivity contribution is 7.86. The molecule has 0 aromatic heterocycles. The van der Waals surface area contributed by atoms with Crippen molar-refractivity contribution in [1.29, 1.82) is 0 Å². The Morgan fingerprint density at radius 3 is 2.60 bits per heavy atom. The summed E-state index contributed by atoms with van der Waals surface area (Å²) in [5.41, 5.74) is 1.04. The van der Waals surface area contributed by atoms with Crippen LogP contribution in [0.1, 0.15) is 31.7 Å². The van der Waals surface area contributed by atoms with E-state index in [0.29, 0.717) is 0 Å². The predicted molar refractivity (Wildman–Crippen MR) is 79.2 cm³/mol. The number of nitrogens with zero attached hydrogens (tertiary/aromatic N) is 1. The van der Waals surface area contributed by atoms with Crippen LogP contribution in [-0.4, -0.2) is 39.1 Å². The first-order valence-corrected chi connectivity index (χ1v) is 8.64. The van der Waals surface area contributed by atoms with Crippen molar-refractivity contribution in [1.82, 2.24) is 4.90 Å². The number of hydrogen-bond acceptors (Lipinski definition) is 4. The lowest BCUT2D eigenvalue weighted by Crippen LogP contribution is -2.42. The van der Waals surface area contributed by atoms with Crippen LogP contribution in [-0.2, 0) is 14.3 Å². The van der Waals surface area contributed by atoms with Crippen molar-refractivity contribution in [3.63, 3.8) is 0 Å². The van der Waals surface area contributed by atoms with E-state index in [9.17, 15) is 8.42 Å². The van der Waals surface area contributed by atoms with Gasteiger partial charge >= 0.3 is 0 Å². The fourth-order valence-electron chi connectivity index (χ4n) is 2.61. The van der Waals surface area contributed by atoms with E-state index in [1.165, 1.54) is 6.42 Å². The van der Waals surface area contributed by atoms with Gasteiger partial charge in [-0.15, -0.1) is 0 Å². The van der Waals surface area contributed by atoms with Crippen molar-refractivity contribution in [2.75, 3.05) is 19.7 Å². The third-order valence-electron chi connectivity index (χ3n) is 3.88. The number of piperidine rings is 1. The SMILES string of the molecule is CCN1CCCCC1COS(=O)(=O)c1ccc(C)cc1. The predicted octanol–water partition coefficient (Wildman–Crippen LogP) is 2.57. The number of rotatable bonds is 5. The quantitative estimate of drug-likeness (QED) is 0.784. The van der Waals surface area contributed by atoms with E-state index in [4.69, 9.17) is 4.18 Å². The average Bonchev–Trinajstić information content (AvgIpc) is 2.46. The summed E-state index contributed by atoms with van der Waals surface area (Å²) in [6.07, 6.45) is 3.35. The van der Waals surface area contributed by atoms with Gasteiger partial charge < -0.3 is 0 Å². The van der Waals surface area contributed by atoms with Gasteiger partial charge in [-0.25, -0.2) is 0 Å². The Kier molecular flexibility index (Phi) is 5.18. The van der Waals surface area contributed by atoms with Crippen molar-refractivity contribution < 1.29 is 12.6 Å². The molecule has 20 heavy (non-hydrogen) atoms. The van der Waals surface area contributed by atoms with Crippen LogP contribution in [0.15, 0.2) is 29.2 Å². The van der Waals surface area contributed by atoms with E-state index in [1.807, 2.05) is 6.92 Å². The summed E-state index contributed by atoms with van der Waals surface area (Å²) in [6, 6.07) is 6.99. The highest BCUT2D eigenvalue weighted by atomic mass is 32.2. The van der Waals surface area contributed by atoms with Crippen LogP contribution in [0.25, 0.3) is 0 Å². The molecular formula is C15H23NO3S. The molecule has 1 saturated heterocycles. The van der Waals surface area contributed by atoms with E-state index < -0.39 is 10.1 Å². The van der Waals surface area contributed by atoms with E-state index in [-0.39, 0.29) is 17.5 Å². The minimum atomic E-state index is -3.63. The summed E-state index contributed by atoms with van der Waals surface area (Å²) in [5, 5.41) is 0. The topological polar surface area (TPSA) is 46.6 Å². The van der Waals surface area contributed by atoms with Gasteiger partial charge in [0.1, 0.15) is 0 Å². The molecule has 5 heteroatoms. The van der Waals surface area contributed by atoms with Crippen molar-refractivity contribution in [3.8, 4) is 0 Å². The van der Waals surface area contributed by atoms with Crippen LogP contribution in [0.2, 0.25) is 0 Å². The second-order valence-corrected chi connectivity index (χ2v) is 6.95. The summed E-state index contributed by atoms with van der Waals surface area (Å²) >= 11 is 0. The normalized spacial score (nSPS) is 21.0. The molecule has 0 bridgehead atoms. The van der Waals surface area contributed by atoms with Crippen LogP contribution in [0.3, 0.4) is 0 Å². The van der Waals surface area contributed by atoms with Gasteiger partial charge in [-0.1, -0.05) is 31.0 Å². The van der Waals surface area contributed by atoms with E-state index in [2.05, 4.69) is 11.8 Å². The van der Waals surface area contributed by atoms with Crippen molar-refractivity contribution in [3.05, 3.63) is 29.8 Å². The van der Waals surface area contributed by atoms with Gasteiger partial charge in [0, 0.05) is 6.04 Å². The van der Waals surface area contributed by atoms with Gasteiger partial charge in [-0.05, 0) is 45.0 Å². The maximum atomic E-state index is 12.1. The molecule has 2 rings (SSSR count). The maximum Gasteiger partial charge on any atom is 0.297 e. The van der Waals surface area contributed by atoms with Crippen molar-refractivity contribution in [2.24, 2.45) is 0 Å². The Morgan fingerprint density at radius 2 is 1.95 bits per heavy atom. The molecule has 112 valence electrons. The third-order valence-corrected chi connectivity index (χ3v) is 5.18. The Morgan fingerprint density at radius 1 is 1.25 bits per heavy atom. The number of hydrogen-bond donors (Lipinski definition) is 0. The fourth-order valence-corrected chi connectivity index (χ4v) is 3.55. The van der Waals surface area contributed by atoms with Crippen molar-refractivity contribution >= 4 is 10.1 Å². The Labute approximate surface area is 121 Å². The van der Waals surface area contributed by atoms with Gasteiger partial charge in [0.2, 0.25) is 0 Å². The smallest absolute Gasteiger partial charge is 0.297 e. The molecule has 0 radical (unpaired) electrons. The highest BCUT2D eigenvalue weighted by Crippen LogP contribution is 2.19. The van der Waals surface area contributed by atoms with Gasteiger partial charge in [0.05, 0.1) is 11.5 Å². The monoisotopic (exact) mass is 297 g/mol. The molecule has 0 spiro atoms. The zero-order chi connectivity index (χ0) is 14.6. The number of benzene rings is 1. The molecule has 1 aromatic carbocycles. The second-order valence-electron chi connectivity index (χ2n) is 5.33. The lowest BCUT2D eigenvalue weighted by Gasteiger charge is -2.34. The maximum absolute atomic E-state index is 12.1. The van der Waals surface area contributed by atoms with Crippen molar-refractivity contribution in [2.45, 2.75) is 44.0 Å². The Hall–Kier alpha value is -0.910. The summed E-state index contributed by atoms with van der Waals surface area (Å²) < 4.78 is 29.5. The van der Waals surface area contributed by atoms with Crippen LogP contribution in [0.5, 0.6) is 0 Å². The number of likely N-dealkylation sites (tertiary alicyclic amines) is 1. The molecule has 1 aliphatic heterocycles. The molecule has 0 aliphatic carbocycles. The molecule has 1 atom stereocenters. The lowest BCUT2D eigenvalue weighted by atomic mass is 10.0. The molecule has 1 heterocycles. The Balaban J connectivity index is 1.99. The number of likely N-dealkylation sites (N-methyl/N-ethyl adjacent to an activating group) is 1. The summed E-state index contributed by atoms with van der Waals surface area (Å²) in [5.74, 6) is 0. The molecule has 1 aromatic rings. The van der Waals surface area contributed by atoms with Gasteiger partial charge in [0.25, 0.3) is 10.1 Å². The average molecular weight is 297 g/mol. The molecule has 4 nitrogen and oxygen atoms in total. The minimum absolute atomic E-state index is 0.217. The fraction of sp³-hybridized carbons (Fsp3) is 0.600. The molecule has 0 N–H and O–H groups in total. The largest absolute Gasteiger partial charge is 0.298 e. The zero-order valence-electron chi connectivity index (χ0n) is 12.2. The van der Waals surface area contributed by atoms with Crippen LogP contribution >= 0.6 is 0 Å². The third kappa shape index (κ3) is 3.81. The molecular weight excluding hydrogens is 274 g/mol. The minimum Gasteiger partial charge on any atom is -0.298 e. The lowest BCUT2D eigenvalue weighted by molar-refractivity contribution is 0.108. The summed E-state index contributed by atoms with van der Waals surface area (Å²) in [7, 11) is -3.63. The first-order chi connectivity index (χ1) is 9.53. The standard InChI is InChI=1S/C15H23NO3S/c1-3-16-11-5-4-6-14(16)12-19-20(17,18)15-9-7-13(2)8-10-15/h7-10,14H,3-6,11-12H2,1-2H3. The van der Waals surface area contributed by atoms with Gasteiger partial charge in [0.15, 0.2) is 0 Å². The second kappa shape index (κ2) is 6.70. The first-order valence-electron chi connectivity index (χ1n) is 7.23. The molecule has 1 unspecified atom stereocenters.